The number of ether oxygens (including phenoxy) is 2. The van der Waals surface area contributed by atoms with Crippen LogP contribution in [-0.2, 0) is 6.42 Å². The number of fused-ring (bicyclic) bond motifs is 1. The first-order chi connectivity index (χ1) is 20.5. The Kier molecular flexibility index (Phi) is 7.72. The minimum Gasteiger partial charge on any atom is -0.496 e. The van der Waals surface area contributed by atoms with E-state index in [0.29, 0.717) is 72.8 Å². The van der Waals surface area contributed by atoms with E-state index in [1.54, 1.807) is 13.2 Å². The van der Waals surface area contributed by atoms with Gasteiger partial charge in [-0.05, 0) is 42.3 Å². The summed E-state index contributed by atoms with van der Waals surface area (Å²) in [5.74, 6) is 3.84. The summed E-state index contributed by atoms with van der Waals surface area (Å²) in [6.07, 6.45) is 0.714. The minimum atomic E-state index is -0.0404. The second-order valence-electron chi connectivity index (χ2n) is 10.7. The van der Waals surface area contributed by atoms with Gasteiger partial charge >= 0.3 is 0 Å². The van der Waals surface area contributed by atoms with Gasteiger partial charge in [0.2, 0.25) is 0 Å². The lowest BCUT2D eigenvalue weighted by Crippen LogP contribution is -2.49. The Morgan fingerprint density at radius 1 is 0.905 bits per heavy atom. The van der Waals surface area contributed by atoms with Crippen LogP contribution < -0.4 is 14.4 Å². The molecule has 1 aliphatic heterocycles. The van der Waals surface area contributed by atoms with Crippen molar-refractivity contribution in [2.24, 2.45) is 5.92 Å². The molecule has 0 aliphatic carbocycles. The second-order valence-corrected chi connectivity index (χ2v) is 10.7. The predicted octanol–water partition coefficient (Wildman–Crippen LogP) is 6.25. The number of carbonyl (C=O) groups excluding carboxylic acids is 1. The highest BCUT2D eigenvalue weighted by molar-refractivity contribution is 5.99. The van der Waals surface area contributed by atoms with Gasteiger partial charge in [-0.3, -0.25) is 4.79 Å². The molecule has 9 heteroatoms. The number of para-hydroxylation sites is 2. The first-order valence-electron chi connectivity index (χ1n) is 14.2. The van der Waals surface area contributed by atoms with Gasteiger partial charge in [0.15, 0.2) is 0 Å². The number of benzene rings is 3. The van der Waals surface area contributed by atoms with Crippen LogP contribution in [0.4, 0.5) is 5.82 Å². The van der Waals surface area contributed by atoms with Gasteiger partial charge in [0, 0.05) is 38.2 Å². The summed E-state index contributed by atoms with van der Waals surface area (Å²) >= 11 is 0. The van der Waals surface area contributed by atoms with Gasteiger partial charge in [-0.1, -0.05) is 61.5 Å². The standard InChI is InChI=1S/C33H33N5O4/c1-22(2)20-28-34-31(37-16-18-38(19-17-37)33(39)26-14-7-8-15-27(26)40-3)29-30(36-42-32(29)35-28)23-10-9-13-25(21-23)41-24-11-5-4-6-12-24/h4-15,21-22H,16-20H2,1-3H3. The molecule has 3 heterocycles. The minimum absolute atomic E-state index is 0.0404. The topological polar surface area (TPSA) is 93.8 Å². The molecule has 2 aromatic heterocycles. The van der Waals surface area contributed by atoms with E-state index in [0.717, 1.165) is 22.5 Å². The number of methoxy groups -OCH3 is 1. The van der Waals surface area contributed by atoms with Crippen molar-refractivity contribution in [3.63, 3.8) is 0 Å². The molecule has 6 rings (SSSR count). The van der Waals surface area contributed by atoms with Gasteiger partial charge in [-0.2, -0.15) is 4.98 Å². The van der Waals surface area contributed by atoms with E-state index >= 15 is 0 Å². The number of amides is 1. The lowest BCUT2D eigenvalue weighted by Gasteiger charge is -2.36. The molecule has 0 atom stereocenters. The first-order valence-corrected chi connectivity index (χ1v) is 14.2. The number of aromatic nitrogens is 3. The third-order valence-electron chi connectivity index (χ3n) is 7.24. The third kappa shape index (κ3) is 5.63. The molecular formula is C33H33N5O4. The molecular weight excluding hydrogens is 530 g/mol. The summed E-state index contributed by atoms with van der Waals surface area (Å²) in [6, 6.07) is 24.8. The smallest absolute Gasteiger partial charge is 0.263 e. The van der Waals surface area contributed by atoms with Crippen molar-refractivity contribution in [2.75, 3.05) is 38.2 Å². The maximum Gasteiger partial charge on any atom is 0.263 e. The van der Waals surface area contributed by atoms with E-state index in [4.69, 9.17) is 24.0 Å². The van der Waals surface area contributed by atoms with Crippen molar-refractivity contribution in [1.82, 2.24) is 20.0 Å². The maximum atomic E-state index is 13.3. The van der Waals surface area contributed by atoms with Crippen LogP contribution in [0.5, 0.6) is 17.2 Å². The largest absolute Gasteiger partial charge is 0.496 e. The summed E-state index contributed by atoms with van der Waals surface area (Å²) < 4.78 is 17.3. The maximum absolute atomic E-state index is 13.3. The number of piperazine rings is 1. The average molecular weight is 564 g/mol. The van der Waals surface area contributed by atoms with Gasteiger partial charge in [-0.25, -0.2) is 4.98 Å². The number of anilines is 1. The summed E-state index contributed by atoms with van der Waals surface area (Å²) in [5, 5.41) is 5.21. The van der Waals surface area contributed by atoms with Crippen molar-refractivity contribution >= 4 is 22.8 Å². The number of hydrogen-bond acceptors (Lipinski definition) is 8. The van der Waals surface area contributed by atoms with Crippen LogP contribution in [0, 0.1) is 5.92 Å². The lowest BCUT2D eigenvalue weighted by molar-refractivity contribution is 0.0743. The number of nitrogens with zero attached hydrogens (tertiary/aromatic N) is 5. The number of hydrogen-bond donors (Lipinski definition) is 0. The molecule has 0 saturated carbocycles. The van der Waals surface area contributed by atoms with Gasteiger partial charge in [0.05, 0.1) is 12.7 Å². The van der Waals surface area contributed by atoms with Crippen LogP contribution in [-0.4, -0.2) is 59.2 Å². The summed E-state index contributed by atoms with van der Waals surface area (Å²) in [5.41, 5.74) is 2.51. The Bertz CT molecular complexity index is 1690. The average Bonchev–Trinajstić information content (AvgIpc) is 3.45. The van der Waals surface area contributed by atoms with Gasteiger partial charge in [-0.15, -0.1) is 0 Å². The van der Waals surface area contributed by atoms with Crippen molar-refractivity contribution in [2.45, 2.75) is 20.3 Å². The van der Waals surface area contributed by atoms with Crippen molar-refractivity contribution < 1.29 is 18.8 Å². The third-order valence-corrected chi connectivity index (χ3v) is 7.24. The van der Waals surface area contributed by atoms with Crippen LogP contribution in [0.1, 0.15) is 30.0 Å². The van der Waals surface area contributed by atoms with Gasteiger partial charge in [0.25, 0.3) is 11.6 Å². The zero-order chi connectivity index (χ0) is 29.1. The summed E-state index contributed by atoms with van der Waals surface area (Å²) in [6.45, 7) is 6.58. The number of rotatable bonds is 8. The molecule has 1 amide bonds. The van der Waals surface area contributed by atoms with E-state index in [2.05, 4.69) is 23.9 Å². The Labute approximate surface area is 244 Å². The molecule has 42 heavy (non-hydrogen) atoms. The Morgan fingerprint density at radius 3 is 2.40 bits per heavy atom. The highest BCUT2D eigenvalue weighted by Gasteiger charge is 2.28. The van der Waals surface area contributed by atoms with Gasteiger partial charge in [0.1, 0.15) is 40.0 Å². The molecule has 0 unspecified atom stereocenters. The zero-order valence-electron chi connectivity index (χ0n) is 24.0. The molecule has 0 spiro atoms. The van der Waals surface area contributed by atoms with E-state index in [1.807, 2.05) is 77.7 Å². The molecule has 0 bridgehead atoms. The van der Waals surface area contributed by atoms with E-state index < -0.39 is 0 Å². The predicted molar refractivity (Wildman–Crippen MR) is 161 cm³/mol. The zero-order valence-corrected chi connectivity index (χ0v) is 24.0. The van der Waals surface area contributed by atoms with Crippen molar-refractivity contribution in [3.8, 4) is 28.5 Å². The summed E-state index contributed by atoms with van der Waals surface area (Å²) in [7, 11) is 1.58. The molecule has 9 nitrogen and oxygen atoms in total. The SMILES string of the molecule is COc1ccccc1C(=O)N1CCN(c2nc(CC(C)C)nc3onc(-c4cccc(Oc5ccccc5)c4)c23)CC1. The highest BCUT2D eigenvalue weighted by atomic mass is 16.5. The Hall–Kier alpha value is -4.92. The van der Waals surface area contributed by atoms with E-state index in [9.17, 15) is 4.79 Å². The molecule has 214 valence electrons. The fraction of sp³-hybridized carbons (Fsp3) is 0.273. The molecule has 1 aliphatic rings. The number of carbonyl (C=O) groups is 1. The molecule has 0 N–H and O–H groups in total. The summed E-state index contributed by atoms with van der Waals surface area (Å²) in [4.78, 5) is 27.2. The molecule has 0 radical (unpaired) electrons. The van der Waals surface area contributed by atoms with Gasteiger partial charge < -0.3 is 23.8 Å². The van der Waals surface area contributed by atoms with Crippen LogP contribution in [0.25, 0.3) is 22.4 Å². The highest BCUT2D eigenvalue weighted by Crippen LogP contribution is 2.36. The second kappa shape index (κ2) is 11.9. The van der Waals surface area contributed by atoms with Crippen molar-refractivity contribution in [1.29, 1.82) is 0 Å². The van der Waals surface area contributed by atoms with Crippen LogP contribution >= 0.6 is 0 Å². The van der Waals surface area contributed by atoms with Crippen LogP contribution in [0.15, 0.2) is 83.4 Å². The van der Waals surface area contributed by atoms with E-state index in [-0.39, 0.29) is 5.91 Å². The quantitative estimate of drug-likeness (QED) is 0.219. The monoisotopic (exact) mass is 563 g/mol. The Morgan fingerprint density at radius 2 is 1.64 bits per heavy atom. The van der Waals surface area contributed by atoms with Crippen LogP contribution in [0.3, 0.4) is 0 Å². The Balaban J connectivity index is 1.32. The lowest BCUT2D eigenvalue weighted by atomic mass is 10.1. The fourth-order valence-electron chi connectivity index (χ4n) is 5.21. The van der Waals surface area contributed by atoms with E-state index in [1.165, 1.54) is 0 Å². The fourth-order valence-corrected chi connectivity index (χ4v) is 5.21. The molecule has 5 aromatic rings. The van der Waals surface area contributed by atoms with Crippen molar-refractivity contribution in [3.05, 3.63) is 90.3 Å². The molecule has 3 aromatic carbocycles. The first kappa shape index (κ1) is 27.3. The molecule has 1 saturated heterocycles. The molecule has 1 fully saturated rings. The van der Waals surface area contributed by atoms with Crippen LogP contribution in [0.2, 0.25) is 0 Å². The normalized spacial score (nSPS) is 13.5.